The molecule has 0 bridgehead atoms. The topological polar surface area (TPSA) is 61.4 Å². The van der Waals surface area contributed by atoms with E-state index in [1.54, 1.807) is 24.1 Å². The molecule has 2 N–H and O–H groups in total. The molecule has 1 saturated carbocycles. The summed E-state index contributed by atoms with van der Waals surface area (Å²) in [5.41, 5.74) is 0.907. The van der Waals surface area contributed by atoms with E-state index in [0.717, 1.165) is 18.4 Å². The summed E-state index contributed by atoms with van der Waals surface area (Å²) in [6.07, 6.45) is 1.96. The number of imide groups is 1. The highest BCUT2D eigenvalue weighted by Crippen LogP contribution is 2.18. The lowest BCUT2D eigenvalue weighted by Crippen LogP contribution is -2.44. The van der Waals surface area contributed by atoms with Gasteiger partial charge >= 0.3 is 6.03 Å². The normalized spacial score (nSPS) is 14.2. The van der Waals surface area contributed by atoms with Crippen LogP contribution in [-0.4, -0.2) is 36.5 Å². The van der Waals surface area contributed by atoms with Gasteiger partial charge in [-0.3, -0.25) is 15.0 Å². The molecule has 0 radical (unpaired) electrons. The van der Waals surface area contributed by atoms with E-state index in [-0.39, 0.29) is 24.3 Å². The van der Waals surface area contributed by atoms with Gasteiger partial charge in [-0.15, -0.1) is 0 Å². The van der Waals surface area contributed by atoms with E-state index >= 15 is 0 Å². The minimum absolute atomic E-state index is 0.107. The SMILES string of the molecule is CN(CC(=O)NC(=O)NC1CC1)Cc1ccc(F)cc1. The molecule has 0 saturated heterocycles. The summed E-state index contributed by atoms with van der Waals surface area (Å²) in [6.45, 7) is 0.618. The first-order chi connectivity index (χ1) is 9.52. The van der Waals surface area contributed by atoms with Crippen molar-refractivity contribution in [2.45, 2.75) is 25.4 Å². The molecule has 5 nitrogen and oxygen atoms in total. The van der Waals surface area contributed by atoms with Gasteiger partial charge in [-0.25, -0.2) is 9.18 Å². The number of likely N-dealkylation sites (N-methyl/N-ethyl adjacent to an activating group) is 1. The molecule has 1 aromatic carbocycles. The van der Waals surface area contributed by atoms with Crippen molar-refractivity contribution in [2.24, 2.45) is 0 Å². The maximum Gasteiger partial charge on any atom is 0.321 e. The van der Waals surface area contributed by atoms with Crippen LogP contribution in [0.1, 0.15) is 18.4 Å². The molecule has 0 aromatic heterocycles. The van der Waals surface area contributed by atoms with E-state index in [0.29, 0.717) is 6.54 Å². The maximum atomic E-state index is 12.8. The largest absolute Gasteiger partial charge is 0.335 e. The van der Waals surface area contributed by atoms with Gasteiger partial charge in [-0.1, -0.05) is 12.1 Å². The third-order valence-electron chi connectivity index (χ3n) is 2.94. The van der Waals surface area contributed by atoms with Crippen LogP contribution in [0.2, 0.25) is 0 Å². The molecular formula is C14H18FN3O2. The number of urea groups is 1. The van der Waals surface area contributed by atoms with Gasteiger partial charge < -0.3 is 5.32 Å². The standard InChI is InChI=1S/C14H18FN3O2/c1-18(8-10-2-4-11(15)5-3-10)9-13(19)17-14(20)16-12-6-7-12/h2-5,12H,6-9H2,1H3,(H2,16,17,19,20). The van der Waals surface area contributed by atoms with Crippen molar-refractivity contribution in [1.29, 1.82) is 0 Å². The van der Waals surface area contributed by atoms with Crippen LogP contribution in [0, 0.1) is 5.82 Å². The van der Waals surface area contributed by atoms with Crippen molar-refractivity contribution in [3.63, 3.8) is 0 Å². The predicted octanol–water partition coefficient (Wildman–Crippen LogP) is 1.25. The summed E-state index contributed by atoms with van der Waals surface area (Å²) in [5, 5.41) is 4.97. The molecule has 3 amide bonds. The third-order valence-corrected chi connectivity index (χ3v) is 2.94. The first kappa shape index (κ1) is 14.5. The molecule has 0 unspecified atom stereocenters. The number of nitrogens with one attached hydrogen (secondary N) is 2. The summed E-state index contributed by atoms with van der Waals surface area (Å²) < 4.78 is 12.8. The molecule has 20 heavy (non-hydrogen) atoms. The molecule has 0 heterocycles. The van der Waals surface area contributed by atoms with Crippen molar-refractivity contribution in [3.05, 3.63) is 35.6 Å². The van der Waals surface area contributed by atoms with E-state index in [1.807, 2.05) is 0 Å². The van der Waals surface area contributed by atoms with Gasteiger partial charge in [0.1, 0.15) is 5.82 Å². The Morgan fingerprint density at radius 2 is 1.95 bits per heavy atom. The average molecular weight is 279 g/mol. The van der Waals surface area contributed by atoms with E-state index in [1.165, 1.54) is 12.1 Å². The number of hydrogen-bond acceptors (Lipinski definition) is 3. The lowest BCUT2D eigenvalue weighted by molar-refractivity contribution is -0.120. The van der Waals surface area contributed by atoms with Crippen LogP contribution in [0.4, 0.5) is 9.18 Å². The highest BCUT2D eigenvalue weighted by molar-refractivity contribution is 5.95. The fourth-order valence-electron chi connectivity index (χ4n) is 1.82. The van der Waals surface area contributed by atoms with Gasteiger partial charge in [-0.05, 0) is 37.6 Å². The monoisotopic (exact) mass is 279 g/mol. The van der Waals surface area contributed by atoms with Crippen molar-refractivity contribution >= 4 is 11.9 Å². The molecule has 108 valence electrons. The molecule has 2 rings (SSSR count). The molecular weight excluding hydrogens is 261 g/mol. The number of rotatable bonds is 5. The van der Waals surface area contributed by atoms with E-state index in [2.05, 4.69) is 10.6 Å². The Balaban J connectivity index is 1.72. The molecule has 6 heteroatoms. The second kappa shape index (κ2) is 6.47. The highest BCUT2D eigenvalue weighted by Gasteiger charge is 2.23. The number of carbonyl (C=O) groups is 2. The maximum absolute atomic E-state index is 12.8. The fourth-order valence-corrected chi connectivity index (χ4v) is 1.82. The van der Waals surface area contributed by atoms with Gasteiger partial charge in [0.05, 0.1) is 6.54 Å². The molecule has 1 fully saturated rings. The molecule has 1 aliphatic carbocycles. The average Bonchev–Trinajstić information content (AvgIpc) is 3.15. The Kier molecular flexibility index (Phi) is 4.68. The third kappa shape index (κ3) is 4.97. The number of nitrogens with zero attached hydrogens (tertiary/aromatic N) is 1. The quantitative estimate of drug-likeness (QED) is 0.852. The van der Waals surface area contributed by atoms with Gasteiger partial charge in [0.15, 0.2) is 0 Å². The van der Waals surface area contributed by atoms with Crippen molar-refractivity contribution in [2.75, 3.05) is 13.6 Å². The van der Waals surface area contributed by atoms with Crippen LogP contribution in [0.3, 0.4) is 0 Å². The molecule has 1 aromatic rings. The minimum Gasteiger partial charge on any atom is -0.335 e. The lowest BCUT2D eigenvalue weighted by Gasteiger charge is -2.16. The van der Waals surface area contributed by atoms with Gasteiger partial charge in [0, 0.05) is 12.6 Å². The second-order valence-corrected chi connectivity index (χ2v) is 5.09. The second-order valence-electron chi connectivity index (χ2n) is 5.09. The van der Waals surface area contributed by atoms with Crippen molar-refractivity contribution < 1.29 is 14.0 Å². The first-order valence-corrected chi connectivity index (χ1v) is 6.56. The van der Waals surface area contributed by atoms with E-state index in [4.69, 9.17) is 0 Å². The summed E-state index contributed by atoms with van der Waals surface area (Å²) in [5.74, 6) is -0.640. The zero-order valence-electron chi connectivity index (χ0n) is 11.4. The summed E-state index contributed by atoms with van der Waals surface area (Å²) in [7, 11) is 1.77. The number of benzene rings is 1. The van der Waals surface area contributed by atoms with Gasteiger partial charge in [0.2, 0.25) is 5.91 Å². The van der Waals surface area contributed by atoms with Gasteiger partial charge in [0.25, 0.3) is 0 Å². The smallest absolute Gasteiger partial charge is 0.321 e. The Hall–Kier alpha value is -1.95. The molecule has 0 atom stereocenters. The molecule has 0 spiro atoms. The number of carbonyl (C=O) groups excluding carboxylic acids is 2. The predicted molar refractivity (Wildman–Crippen MR) is 72.4 cm³/mol. The minimum atomic E-state index is -0.437. The van der Waals surface area contributed by atoms with Crippen LogP contribution in [-0.2, 0) is 11.3 Å². The zero-order valence-corrected chi connectivity index (χ0v) is 11.4. The summed E-state index contributed by atoms with van der Waals surface area (Å²) >= 11 is 0. The number of halogens is 1. The Morgan fingerprint density at radius 1 is 1.30 bits per heavy atom. The van der Waals surface area contributed by atoms with Crippen molar-refractivity contribution in [1.82, 2.24) is 15.5 Å². The Labute approximate surface area is 117 Å². The van der Waals surface area contributed by atoms with Gasteiger partial charge in [-0.2, -0.15) is 0 Å². The van der Waals surface area contributed by atoms with E-state index < -0.39 is 6.03 Å². The van der Waals surface area contributed by atoms with E-state index in [9.17, 15) is 14.0 Å². The van der Waals surface area contributed by atoms with Crippen LogP contribution in [0.15, 0.2) is 24.3 Å². The first-order valence-electron chi connectivity index (χ1n) is 6.56. The van der Waals surface area contributed by atoms with Crippen LogP contribution < -0.4 is 10.6 Å². The molecule has 0 aliphatic heterocycles. The van der Waals surface area contributed by atoms with Crippen LogP contribution >= 0.6 is 0 Å². The molecule has 1 aliphatic rings. The lowest BCUT2D eigenvalue weighted by atomic mass is 10.2. The highest BCUT2D eigenvalue weighted by atomic mass is 19.1. The van der Waals surface area contributed by atoms with Crippen LogP contribution in [0.25, 0.3) is 0 Å². The number of hydrogen-bond donors (Lipinski definition) is 2. The summed E-state index contributed by atoms with van der Waals surface area (Å²) in [6, 6.07) is 5.89. The Morgan fingerprint density at radius 3 is 2.55 bits per heavy atom. The summed E-state index contributed by atoms with van der Waals surface area (Å²) in [4.78, 5) is 24.8. The Bertz CT molecular complexity index is 486. The van der Waals surface area contributed by atoms with Crippen LogP contribution in [0.5, 0.6) is 0 Å². The number of amides is 3. The fraction of sp³-hybridized carbons (Fsp3) is 0.429. The van der Waals surface area contributed by atoms with Crippen molar-refractivity contribution in [3.8, 4) is 0 Å². The zero-order chi connectivity index (χ0) is 14.5.